The van der Waals surface area contributed by atoms with Gasteiger partial charge in [-0.15, -0.1) is 0 Å². The largest absolute Gasteiger partial charge is 0.478 e. The van der Waals surface area contributed by atoms with E-state index in [9.17, 15) is 19.2 Å². The van der Waals surface area contributed by atoms with Crippen molar-refractivity contribution in [2.75, 3.05) is 0 Å². The second-order valence-electron chi connectivity index (χ2n) is 9.73. The van der Waals surface area contributed by atoms with E-state index < -0.39 is 35.0 Å². The first-order valence-electron chi connectivity index (χ1n) is 10.6. The predicted molar refractivity (Wildman–Crippen MR) is 128 cm³/mol. The molecule has 2 rings (SSSR count). The summed E-state index contributed by atoms with van der Waals surface area (Å²) in [6.07, 6.45) is 0. The molecule has 0 aliphatic rings. The first kappa shape index (κ1) is 28.4. The molecule has 34 heavy (non-hydrogen) atoms. The third-order valence-electron chi connectivity index (χ3n) is 4.22. The summed E-state index contributed by atoms with van der Waals surface area (Å²) in [4.78, 5) is 45.3. The van der Waals surface area contributed by atoms with Crippen LogP contribution < -0.4 is 5.73 Å². The monoisotopic (exact) mass is 471 g/mol. The molecule has 0 aliphatic carbocycles. The van der Waals surface area contributed by atoms with Crippen LogP contribution in [-0.4, -0.2) is 40.1 Å². The maximum absolute atomic E-state index is 11.8. The molecule has 0 saturated heterocycles. The lowest BCUT2D eigenvalue weighted by Crippen LogP contribution is -2.24. The summed E-state index contributed by atoms with van der Waals surface area (Å²) in [6, 6.07) is 9.00. The Morgan fingerprint density at radius 2 is 1.06 bits per heavy atom. The molecule has 0 atom stereocenters. The van der Waals surface area contributed by atoms with Gasteiger partial charge in [-0.25, -0.2) is 14.4 Å². The third kappa shape index (κ3) is 9.05. The number of aryl methyl sites for hydroxylation is 2. The number of carbonyl (C=O) groups is 4. The Hall–Kier alpha value is -3.68. The maximum Gasteiger partial charge on any atom is 0.338 e. The number of carboxylic acids is 1. The van der Waals surface area contributed by atoms with Crippen molar-refractivity contribution in [1.29, 1.82) is 0 Å². The smallest absolute Gasteiger partial charge is 0.338 e. The molecule has 0 unspecified atom stereocenters. The lowest BCUT2D eigenvalue weighted by molar-refractivity contribution is 0.00560. The molecule has 1 amide bonds. The maximum atomic E-state index is 11.8. The molecule has 0 spiro atoms. The van der Waals surface area contributed by atoms with Crippen LogP contribution in [-0.2, 0) is 9.47 Å². The fraction of sp³-hybridized carbons (Fsp3) is 0.385. The average Bonchev–Trinajstić information content (AvgIpc) is 2.65. The molecule has 0 radical (unpaired) electrons. The number of carbonyl (C=O) groups excluding carboxylic acids is 3. The highest BCUT2D eigenvalue weighted by molar-refractivity contribution is 5.96. The van der Waals surface area contributed by atoms with Crippen LogP contribution in [0.5, 0.6) is 0 Å². The number of rotatable bonds is 4. The van der Waals surface area contributed by atoms with Gasteiger partial charge in [0.1, 0.15) is 11.2 Å². The number of hydrogen-bond donors (Lipinski definition) is 2. The van der Waals surface area contributed by atoms with Gasteiger partial charge in [0.05, 0.1) is 16.7 Å². The number of amides is 1. The fourth-order valence-corrected chi connectivity index (χ4v) is 2.74. The molecule has 3 N–H and O–H groups in total. The van der Waals surface area contributed by atoms with Gasteiger partial charge in [0.2, 0.25) is 5.91 Å². The van der Waals surface area contributed by atoms with Gasteiger partial charge in [0.15, 0.2) is 0 Å². The van der Waals surface area contributed by atoms with Gasteiger partial charge in [-0.3, -0.25) is 4.79 Å². The highest BCUT2D eigenvalue weighted by Gasteiger charge is 2.21. The highest BCUT2D eigenvalue weighted by atomic mass is 16.6. The summed E-state index contributed by atoms with van der Waals surface area (Å²) in [7, 11) is 0. The quantitative estimate of drug-likeness (QED) is 0.618. The molecule has 2 aromatic carbocycles. The average molecular weight is 472 g/mol. The van der Waals surface area contributed by atoms with Crippen LogP contribution in [0.15, 0.2) is 36.4 Å². The van der Waals surface area contributed by atoms with E-state index in [4.69, 9.17) is 20.3 Å². The van der Waals surface area contributed by atoms with Gasteiger partial charge in [0, 0.05) is 5.56 Å². The SMILES string of the molecule is Cc1cc(C(=O)O)ccc1C(=O)OC(C)(C)C.Cc1cc(C(N)=O)ccc1C(=O)OC(C)(C)C. The van der Waals surface area contributed by atoms with E-state index in [0.29, 0.717) is 27.8 Å². The van der Waals surface area contributed by atoms with E-state index >= 15 is 0 Å². The lowest BCUT2D eigenvalue weighted by atomic mass is 10.0. The van der Waals surface area contributed by atoms with Crippen molar-refractivity contribution in [3.63, 3.8) is 0 Å². The van der Waals surface area contributed by atoms with E-state index in [1.165, 1.54) is 24.3 Å². The minimum absolute atomic E-state index is 0.162. The van der Waals surface area contributed by atoms with Crippen molar-refractivity contribution in [2.24, 2.45) is 5.73 Å². The van der Waals surface area contributed by atoms with Crippen LogP contribution in [0.3, 0.4) is 0 Å². The zero-order valence-electron chi connectivity index (χ0n) is 20.9. The molecule has 0 aliphatic heterocycles. The summed E-state index contributed by atoms with van der Waals surface area (Å²) in [6.45, 7) is 14.2. The number of ether oxygens (including phenoxy) is 2. The molecular formula is C26H33NO7. The summed E-state index contributed by atoms with van der Waals surface area (Å²) in [5.74, 6) is -2.36. The van der Waals surface area contributed by atoms with Gasteiger partial charge in [-0.05, 0) is 103 Å². The molecule has 0 heterocycles. The van der Waals surface area contributed by atoms with Gasteiger partial charge < -0.3 is 20.3 Å². The van der Waals surface area contributed by atoms with Crippen molar-refractivity contribution in [2.45, 2.75) is 66.6 Å². The van der Waals surface area contributed by atoms with Gasteiger partial charge >= 0.3 is 17.9 Å². The minimum atomic E-state index is -1.01. The summed E-state index contributed by atoms with van der Waals surface area (Å²) in [5.41, 5.74) is 6.72. The van der Waals surface area contributed by atoms with Gasteiger partial charge in [-0.2, -0.15) is 0 Å². The molecule has 184 valence electrons. The topological polar surface area (TPSA) is 133 Å². The van der Waals surface area contributed by atoms with Crippen LogP contribution in [0, 0.1) is 13.8 Å². The van der Waals surface area contributed by atoms with Crippen LogP contribution >= 0.6 is 0 Å². The molecule has 0 bridgehead atoms. The zero-order chi connectivity index (χ0) is 26.4. The number of hydrogen-bond acceptors (Lipinski definition) is 6. The van der Waals surface area contributed by atoms with Crippen molar-refractivity contribution in [3.05, 3.63) is 69.8 Å². The number of esters is 2. The van der Waals surface area contributed by atoms with Crippen molar-refractivity contribution < 1.29 is 33.8 Å². The lowest BCUT2D eigenvalue weighted by Gasteiger charge is -2.20. The Balaban J connectivity index is 0.000000340. The Morgan fingerprint density at radius 3 is 1.35 bits per heavy atom. The van der Waals surface area contributed by atoms with Gasteiger partial charge in [-0.1, -0.05) is 0 Å². The van der Waals surface area contributed by atoms with Crippen molar-refractivity contribution >= 4 is 23.8 Å². The summed E-state index contributed by atoms with van der Waals surface area (Å²) < 4.78 is 10.5. The second-order valence-corrected chi connectivity index (χ2v) is 9.73. The molecule has 2 aromatic rings. The number of nitrogens with two attached hydrogens (primary N) is 1. The fourth-order valence-electron chi connectivity index (χ4n) is 2.74. The molecule has 0 saturated carbocycles. The molecular weight excluding hydrogens is 438 g/mol. The van der Waals surface area contributed by atoms with E-state index in [-0.39, 0.29) is 5.56 Å². The number of aromatic carboxylic acids is 1. The normalized spacial score (nSPS) is 11.1. The van der Waals surface area contributed by atoms with E-state index in [0.717, 1.165) is 0 Å². The third-order valence-corrected chi connectivity index (χ3v) is 4.22. The van der Waals surface area contributed by atoms with E-state index in [1.54, 1.807) is 67.5 Å². The van der Waals surface area contributed by atoms with Gasteiger partial charge in [0.25, 0.3) is 0 Å². The number of carboxylic acid groups (broad SMARTS) is 1. The second kappa shape index (κ2) is 11.0. The first-order valence-corrected chi connectivity index (χ1v) is 10.6. The minimum Gasteiger partial charge on any atom is -0.478 e. The molecule has 8 nitrogen and oxygen atoms in total. The first-order chi connectivity index (χ1) is 15.4. The van der Waals surface area contributed by atoms with Crippen LogP contribution in [0.2, 0.25) is 0 Å². The standard InChI is InChI=1S/C13H17NO3.C13H16O4/c2*1-8-7-9(11(14)15)5-6-10(8)12(16)17-13(2,3)4/h5-7H,1-4H3,(H2,14,15);5-7H,1-4H3,(H,14,15). The van der Waals surface area contributed by atoms with E-state index in [2.05, 4.69) is 0 Å². The highest BCUT2D eigenvalue weighted by Crippen LogP contribution is 2.17. The molecule has 8 heteroatoms. The van der Waals surface area contributed by atoms with Crippen molar-refractivity contribution in [3.8, 4) is 0 Å². The number of primary amides is 1. The van der Waals surface area contributed by atoms with Crippen LogP contribution in [0.4, 0.5) is 0 Å². The molecule has 0 aromatic heterocycles. The Bertz CT molecular complexity index is 1000. The van der Waals surface area contributed by atoms with E-state index in [1.807, 2.05) is 0 Å². The van der Waals surface area contributed by atoms with Crippen LogP contribution in [0.25, 0.3) is 0 Å². The Labute approximate surface area is 200 Å². The van der Waals surface area contributed by atoms with Crippen LogP contribution in [0.1, 0.15) is 94.1 Å². The zero-order valence-corrected chi connectivity index (χ0v) is 20.9. The Morgan fingerprint density at radius 1 is 0.706 bits per heavy atom. The summed E-state index contributed by atoms with van der Waals surface area (Å²) >= 11 is 0. The van der Waals surface area contributed by atoms with Crippen molar-refractivity contribution in [1.82, 2.24) is 0 Å². The predicted octanol–water partition coefficient (Wildman–Crippen LogP) is 4.70. The molecule has 0 fully saturated rings. The summed E-state index contributed by atoms with van der Waals surface area (Å²) in [5, 5.41) is 8.81. The number of benzene rings is 2. The Kier molecular flexibility index (Phi) is 9.14.